The molecule has 0 unspecified atom stereocenters. The molecule has 0 saturated heterocycles. The lowest BCUT2D eigenvalue weighted by molar-refractivity contribution is 0.0954. The van der Waals surface area contributed by atoms with E-state index >= 15 is 0 Å². The molecular formula is C22H26F2N4O3. The largest absolute Gasteiger partial charge is 0.493 e. The average Bonchev–Trinajstić information content (AvgIpc) is 3.50. The Hall–Kier alpha value is -3.36. The number of carbonyl (C=O) groups excluding carboxylic acids is 1. The summed E-state index contributed by atoms with van der Waals surface area (Å²) in [5, 5.41) is 9.68. The number of nitrogens with one attached hydrogen (secondary N) is 2. The molecule has 1 fully saturated rings. The third-order valence-corrected chi connectivity index (χ3v) is 4.92. The summed E-state index contributed by atoms with van der Waals surface area (Å²) in [7, 11) is 4.82. The number of halogens is 2. The van der Waals surface area contributed by atoms with Gasteiger partial charge < -0.3 is 20.1 Å². The molecule has 1 heterocycles. The molecule has 1 amide bonds. The van der Waals surface area contributed by atoms with Gasteiger partial charge in [0.15, 0.2) is 11.5 Å². The Bertz CT molecular complexity index is 992. The molecule has 2 N–H and O–H groups in total. The summed E-state index contributed by atoms with van der Waals surface area (Å²) in [5.41, 5.74) is 2.66. The minimum atomic E-state index is -2.73. The lowest BCUT2D eigenvalue weighted by Crippen LogP contribution is -2.25. The molecule has 1 aromatic carbocycles. The van der Waals surface area contributed by atoms with Crippen LogP contribution in [0.5, 0.6) is 11.5 Å². The number of benzene rings is 1. The monoisotopic (exact) mass is 432 g/mol. The van der Waals surface area contributed by atoms with Gasteiger partial charge in [-0.25, -0.2) is 13.5 Å². The van der Waals surface area contributed by atoms with Crippen LogP contribution < -0.4 is 20.1 Å². The van der Waals surface area contributed by atoms with E-state index in [1.54, 1.807) is 27.3 Å². The van der Waals surface area contributed by atoms with E-state index in [-0.39, 0.29) is 17.2 Å². The van der Waals surface area contributed by atoms with Gasteiger partial charge >= 0.3 is 0 Å². The second-order valence-corrected chi connectivity index (χ2v) is 7.01. The van der Waals surface area contributed by atoms with Crippen molar-refractivity contribution in [3.05, 3.63) is 59.1 Å². The zero-order valence-corrected chi connectivity index (χ0v) is 17.7. The van der Waals surface area contributed by atoms with Crippen LogP contribution in [0.25, 0.3) is 5.70 Å². The number of rotatable bonds is 10. The van der Waals surface area contributed by atoms with E-state index in [1.807, 2.05) is 12.1 Å². The predicted octanol–water partition coefficient (Wildman–Crippen LogP) is 3.25. The Balaban J connectivity index is 1.63. The molecule has 0 bridgehead atoms. The lowest BCUT2D eigenvalue weighted by Gasteiger charge is -2.10. The molecule has 2 aromatic rings. The minimum absolute atomic E-state index is 0.212. The summed E-state index contributed by atoms with van der Waals surface area (Å²) in [6.07, 6.45) is 3.62. The number of methoxy groups -OCH3 is 2. The molecular weight excluding hydrogens is 406 g/mol. The Morgan fingerprint density at radius 2 is 2.00 bits per heavy atom. The fourth-order valence-electron chi connectivity index (χ4n) is 3.10. The standard InChI is InChI=1S/C22H26F2N4O3/c1-25-17(15-5-6-15)11-18(21(23)24)28-13-16(12-27-28)22(29)26-9-8-14-4-7-19(30-2)20(10-14)31-3/h4,7,10-13,21,25H,5-6,8-9H2,1-3H3,(H,26,29)/b18-11-. The van der Waals surface area contributed by atoms with Crippen LogP contribution in [-0.2, 0) is 6.42 Å². The summed E-state index contributed by atoms with van der Waals surface area (Å²) in [6, 6.07) is 5.53. The first-order valence-corrected chi connectivity index (χ1v) is 9.90. The van der Waals surface area contributed by atoms with E-state index in [0.717, 1.165) is 28.7 Å². The smallest absolute Gasteiger partial charge is 0.280 e. The van der Waals surface area contributed by atoms with Gasteiger partial charge in [-0.3, -0.25) is 4.79 Å². The number of nitrogens with zero attached hydrogens (tertiary/aromatic N) is 2. The maximum atomic E-state index is 13.6. The van der Waals surface area contributed by atoms with Gasteiger partial charge in [0.05, 0.1) is 26.0 Å². The van der Waals surface area contributed by atoms with E-state index in [0.29, 0.717) is 30.2 Å². The maximum absolute atomic E-state index is 13.6. The van der Waals surface area contributed by atoms with Crippen LogP contribution in [0.3, 0.4) is 0 Å². The second-order valence-electron chi connectivity index (χ2n) is 7.01. The van der Waals surface area contributed by atoms with Gasteiger partial charge in [0.25, 0.3) is 12.3 Å². The SMILES string of the molecule is CNC(/C=C(/C(F)F)n1cc(C(=O)NCCc2ccc(OC)c(OC)c2)cn1)=C1CC1. The van der Waals surface area contributed by atoms with Crippen molar-refractivity contribution in [1.29, 1.82) is 0 Å². The Morgan fingerprint density at radius 1 is 1.26 bits per heavy atom. The topological polar surface area (TPSA) is 77.4 Å². The van der Waals surface area contributed by atoms with Crippen LogP contribution in [0, 0.1) is 0 Å². The van der Waals surface area contributed by atoms with Crippen LogP contribution in [-0.4, -0.2) is 49.9 Å². The van der Waals surface area contributed by atoms with Gasteiger partial charge in [-0.15, -0.1) is 0 Å². The van der Waals surface area contributed by atoms with Gasteiger partial charge in [-0.1, -0.05) is 6.07 Å². The molecule has 1 aliphatic carbocycles. The number of likely N-dealkylation sites (N-methyl/N-ethyl adjacent to an activating group) is 1. The van der Waals surface area contributed by atoms with Gasteiger partial charge in [0.2, 0.25) is 0 Å². The predicted molar refractivity (Wildman–Crippen MR) is 113 cm³/mol. The highest BCUT2D eigenvalue weighted by atomic mass is 19.3. The van der Waals surface area contributed by atoms with Crippen molar-refractivity contribution in [2.75, 3.05) is 27.8 Å². The molecule has 0 atom stereocenters. The Labute approximate surface area is 179 Å². The fraction of sp³-hybridized carbons (Fsp3) is 0.364. The zero-order chi connectivity index (χ0) is 22.4. The molecule has 0 spiro atoms. The number of hydrogen-bond acceptors (Lipinski definition) is 5. The lowest BCUT2D eigenvalue weighted by atomic mass is 10.1. The molecule has 1 saturated carbocycles. The first kappa shape index (κ1) is 22.3. The van der Waals surface area contributed by atoms with Crippen molar-refractivity contribution in [3.63, 3.8) is 0 Å². The first-order chi connectivity index (χ1) is 15.0. The molecule has 0 aliphatic heterocycles. The number of hydrogen-bond donors (Lipinski definition) is 2. The molecule has 31 heavy (non-hydrogen) atoms. The highest BCUT2D eigenvalue weighted by molar-refractivity contribution is 5.93. The van der Waals surface area contributed by atoms with E-state index in [9.17, 15) is 13.6 Å². The first-order valence-electron chi connectivity index (χ1n) is 9.90. The molecule has 0 radical (unpaired) electrons. The molecule has 1 aliphatic rings. The van der Waals surface area contributed by atoms with Crippen molar-refractivity contribution in [2.45, 2.75) is 25.7 Å². The summed E-state index contributed by atoms with van der Waals surface area (Å²) in [6.45, 7) is 0.368. The van der Waals surface area contributed by atoms with Gasteiger partial charge in [-0.05, 0) is 48.6 Å². The van der Waals surface area contributed by atoms with Crippen molar-refractivity contribution in [2.24, 2.45) is 0 Å². The highest BCUT2D eigenvalue weighted by Crippen LogP contribution is 2.32. The third kappa shape index (κ3) is 5.62. The summed E-state index contributed by atoms with van der Waals surface area (Å²) < 4.78 is 38.7. The number of allylic oxidation sites excluding steroid dienone is 3. The Kier molecular flexibility index (Phi) is 7.28. The van der Waals surface area contributed by atoms with Crippen LogP contribution in [0.2, 0.25) is 0 Å². The minimum Gasteiger partial charge on any atom is -0.493 e. The number of amides is 1. The van der Waals surface area contributed by atoms with E-state index < -0.39 is 6.43 Å². The van der Waals surface area contributed by atoms with E-state index in [2.05, 4.69) is 15.7 Å². The summed E-state index contributed by atoms with van der Waals surface area (Å²) >= 11 is 0. The van der Waals surface area contributed by atoms with Crippen LogP contribution in [0.1, 0.15) is 28.8 Å². The van der Waals surface area contributed by atoms with Crippen molar-refractivity contribution in [1.82, 2.24) is 20.4 Å². The van der Waals surface area contributed by atoms with Gasteiger partial charge in [0, 0.05) is 25.5 Å². The zero-order valence-electron chi connectivity index (χ0n) is 17.7. The molecule has 9 heteroatoms. The second kappa shape index (κ2) is 10.1. The van der Waals surface area contributed by atoms with Crippen molar-refractivity contribution >= 4 is 11.6 Å². The Morgan fingerprint density at radius 3 is 2.61 bits per heavy atom. The van der Waals surface area contributed by atoms with Crippen LogP contribution in [0.15, 0.2) is 47.9 Å². The highest BCUT2D eigenvalue weighted by Gasteiger charge is 2.21. The van der Waals surface area contributed by atoms with Crippen LogP contribution >= 0.6 is 0 Å². The average molecular weight is 432 g/mol. The molecule has 166 valence electrons. The fourth-order valence-corrected chi connectivity index (χ4v) is 3.10. The number of aromatic nitrogens is 2. The van der Waals surface area contributed by atoms with Crippen molar-refractivity contribution < 1.29 is 23.0 Å². The quantitative estimate of drug-likeness (QED) is 0.603. The van der Waals surface area contributed by atoms with E-state index in [4.69, 9.17) is 9.47 Å². The number of ether oxygens (including phenoxy) is 2. The number of alkyl halides is 2. The third-order valence-electron chi connectivity index (χ3n) is 4.92. The van der Waals surface area contributed by atoms with Gasteiger partial charge in [-0.2, -0.15) is 5.10 Å². The molecule has 7 nitrogen and oxygen atoms in total. The maximum Gasteiger partial charge on any atom is 0.280 e. The molecule has 1 aromatic heterocycles. The summed E-state index contributed by atoms with van der Waals surface area (Å²) in [4.78, 5) is 12.4. The van der Waals surface area contributed by atoms with Crippen LogP contribution in [0.4, 0.5) is 8.78 Å². The van der Waals surface area contributed by atoms with Crippen molar-refractivity contribution in [3.8, 4) is 11.5 Å². The van der Waals surface area contributed by atoms with Gasteiger partial charge in [0.1, 0.15) is 5.70 Å². The normalized spacial score (nSPS) is 13.2. The number of carbonyl (C=O) groups is 1. The molecule has 3 rings (SSSR count). The van der Waals surface area contributed by atoms with E-state index in [1.165, 1.54) is 18.5 Å². The summed E-state index contributed by atoms with van der Waals surface area (Å²) in [5.74, 6) is 0.861.